The van der Waals surface area contributed by atoms with E-state index < -0.39 is 14.8 Å². The van der Waals surface area contributed by atoms with Gasteiger partial charge >= 0.3 is 0 Å². The number of hydrogen-bond acceptors (Lipinski definition) is 7. The first kappa shape index (κ1) is 20.2. The number of nitro groups is 1. The van der Waals surface area contributed by atoms with Gasteiger partial charge in [-0.2, -0.15) is 5.10 Å². The van der Waals surface area contributed by atoms with Crippen molar-refractivity contribution in [2.45, 2.75) is 23.6 Å². The lowest BCUT2D eigenvalue weighted by Crippen LogP contribution is -2.18. The molecule has 0 amide bonds. The van der Waals surface area contributed by atoms with Crippen LogP contribution in [-0.4, -0.2) is 25.3 Å². The van der Waals surface area contributed by atoms with Crippen LogP contribution in [0.2, 0.25) is 0 Å². The summed E-state index contributed by atoms with van der Waals surface area (Å²) in [6, 6.07) is 17.7. The summed E-state index contributed by atoms with van der Waals surface area (Å²) in [5, 5.41) is 17.6. The number of anilines is 1. The van der Waals surface area contributed by atoms with Gasteiger partial charge in [0, 0.05) is 35.2 Å². The van der Waals surface area contributed by atoms with Crippen molar-refractivity contribution < 1.29 is 13.3 Å². The van der Waals surface area contributed by atoms with Gasteiger partial charge < -0.3 is 0 Å². The zero-order valence-corrected chi connectivity index (χ0v) is 18.0. The zero-order valence-electron chi connectivity index (χ0n) is 16.3. The summed E-state index contributed by atoms with van der Waals surface area (Å²) in [7, 11) is -3.39. The van der Waals surface area contributed by atoms with Crippen molar-refractivity contribution in [3.05, 3.63) is 86.8 Å². The first-order valence-corrected chi connectivity index (χ1v) is 11.9. The highest BCUT2D eigenvalue weighted by Crippen LogP contribution is 2.39. The number of nitro benzene ring substituents is 1. The van der Waals surface area contributed by atoms with E-state index in [-0.39, 0.29) is 11.7 Å². The van der Waals surface area contributed by atoms with Crippen LogP contribution in [0.4, 0.5) is 11.4 Å². The van der Waals surface area contributed by atoms with Crippen LogP contribution in [-0.2, 0) is 9.84 Å². The molecule has 4 rings (SSSR count). The Morgan fingerprint density at radius 2 is 1.80 bits per heavy atom. The predicted octanol–water partition coefficient (Wildman–Crippen LogP) is 4.72. The second-order valence-corrected chi connectivity index (χ2v) is 10.6. The molecule has 0 bridgehead atoms. The van der Waals surface area contributed by atoms with Crippen LogP contribution in [0.15, 0.2) is 70.0 Å². The van der Waals surface area contributed by atoms with Crippen LogP contribution < -0.4 is 5.01 Å². The second-order valence-electron chi connectivity index (χ2n) is 7.13. The second kappa shape index (κ2) is 7.66. The maximum atomic E-state index is 12.3. The molecular formula is C21H19N3O4S2. The Morgan fingerprint density at radius 3 is 2.40 bits per heavy atom. The van der Waals surface area contributed by atoms with Crippen molar-refractivity contribution in [3.8, 4) is 0 Å². The molecule has 1 unspecified atom stereocenters. The van der Waals surface area contributed by atoms with Crippen LogP contribution in [0.5, 0.6) is 0 Å². The van der Waals surface area contributed by atoms with Crippen LogP contribution in [0, 0.1) is 17.0 Å². The smallest absolute Gasteiger partial charge is 0.258 e. The predicted molar refractivity (Wildman–Crippen MR) is 118 cm³/mol. The average Bonchev–Trinajstić information content (AvgIpc) is 3.32. The first-order valence-electron chi connectivity index (χ1n) is 9.21. The maximum Gasteiger partial charge on any atom is 0.269 e. The molecule has 1 atom stereocenters. The topological polar surface area (TPSA) is 92.9 Å². The summed E-state index contributed by atoms with van der Waals surface area (Å²) in [5.41, 5.74) is 3.06. The minimum atomic E-state index is -3.39. The molecule has 1 aromatic heterocycles. The highest BCUT2D eigenvalue weighted by atomic mass is 32.2. The summed E-state index contributed by atoms with van der Waals surface area (Å²) in [5.74, 6) is 0. The maximum absolute atomic E-state index is 12.3. The summed E-state index contributed by atoms with van der Waals surface area (Å²) in [6.45, 7) is 1.88. The highest BCUT2D eigenvalue weighted by molar-refractivity contribution is 7.92. The number of thiophene rings is 1. The lowest BCUT2D eigenvalue weighted by Gasteiger charge is -2.23. The van der Waals surface area contributed by atoms with Crippen molar-refractivity contribution >= 4 is 38.3 Å². The van der Waals surface area contributed by atoms with Crippen molar-refractivity contribution in [3.63, 3.8) is 0 Å². The molecule has 0 radical (unpaired) electrons. The molecule has 0 N–H and O–H groups in total. The summed E-state index contributed by atoms with van der Waals surface area (Å²) in [4.78, 5) is 11.5. The Morgan fingerprint density at radius 1 is 1.13 bits per heavy atom. The molecule has 2 heterocycles. The number of benzene rings is 2. The average molecular weight is 442 g/mol. The lowest BCUT2D eigenvalue weighted by atomic mass is 9.99. The molecule has 0 saturated carbocycles. The normalized spacial score (nSPS) is 16.5. The fourth-order valence-electron chi connectivity index (χ4n) is 3.54. The van der Waals surface area contributed by atoms with Crippen LogP contribution in [0.3, 0.4) is 0 Å². The molecular weight excluding hydrogens is 422 g/mol. The quantitative estimate of drug-likeness (QED) is 0.422. The molecule has 9 heteroatoms. The molecule has 0 saturated heterocycles. The van der Waals surface area contributed by atoms with E-state index in [9.17, 15) is 18.5 Å². The summed E-state index contributed by atoms with van der Waals surface area (Å²) < 4.78 is 24.9. The minimum Gasteiger partial charge on any atom is -0.258 e. The fourth-order valence-corrected chi connectivity index (χ4v) is 5.87. The number of sulfone groups is 1. The molecule has 30 heavy (non-hydrogen) atoms. The van der Waals surface area contributed by atoms with Gasteiger partial charge in [0.25, 0.3) is 5.69 Å². The van der Waals surface area contributed by atoms with Gasteiger partial charge in [-0.1, -0.05) is 30.3 Å². The molecule has 7 nitrogen and oxygen atoms in total. The first-order chi connectivity index (χ1) is 14.2. The molecule has 154 valence electrons. The minimum absolute atomic E-state index is 0.00577. The molecule has 1 aliphatic heterocycles. The Kier molecular flexibility index (Phi) is 5.17. The molecule has 0 aliphatic carbocycles. The Hall–Kier alpha value is -3.04. The number of hydrazone groups is 1. The van der Waals surface area contributed by atoms with E-state index >= 15 is 0 Å². The van der Waals surface area contributed by atoms with Gasteiger partial charge in [0.1, 0.15) is 4.21 Å². The van der Waals surface area contributed by atoms with Gasteiger partial charge in [-0.15, -0.1) is 11.3 Å². The van der Waals surface area contributed by atoms with Gasteiger partial charge in [0.05, 0.1) is 22.4 Å². The molecule has 0 fully saturated rings. The Balaban J connectivity index is 1.81. The number of nitrogens with zero attached hydrogens (tertiary/aromatic N) is 3. The Bertz CT molecular complexity index is 1230. The van der Waals surface area contributed by atoms with Crippen LogP contribution in [0.25, 0.3) is 0 Å². The van der Waals surface area contributed by atoms with Gasteiger partial charge in [-0.05, 0) is 30.7 Å². The van der Waals surface area contributed by atoms with Crippen molar-refractivity contribution in [1.29, 1.82) is 0 Å². The third kappa shape index (κ3) is 3.86. The van der Waals surface area contributed by atoms with Gasteiger partial charge in [-0.25, -0.2) is 8.42 Å². The summed E-state index contributed by atoms with van der Waals surface area (Å²) >= 11 is 1.25. The van der Waals surface area contributed by atoms with E-state index in [0.717, 1.165) is 10.4 Å². The monoisotopic (exact) mass is 441 g/mol. The van der Waals surface area contributed by atoms with Crippen LogP contribution in [0.1, 0.15) is 28.5 Å². The van der Waals surface area contributed by atoms with Crippen molar-refractivity contribution in [1.82, 2.24) is 0 Å². The number of hydrogen-bond donors (Lipinski definition) is 0. The largest absolute Gasteiger partial charge is 0.269 e. The number of rotatable bonds is 5. The molecule has 2 aromatic carbocycles. The summed E-state index contributed by atoms with van der Waals surface area (Å²) in [6.07, 6.45) is 1.74. The van der Waals surface area contributed by atoms with E-state index in [2.05, 4.69) is 0 Å². The van der Waals surface area contributed by atoms with Crippen molar-refractivity contribution in [2.75, 3.05) is 11.3 Å². The number of non-ortho nitro benzene ring substituents is 1. The zero-order chi connectivity index (χ0) is 21.5. The van der Waals surface area contributed by atoms with E-state index in [0.29, 0.717) is 27.6 Å². The van der Waals surface area contributed by atoms with E-state index in [1.807, 2.05) is 48.3 Å². The van der Waals surface area contributed by atoms with Gasteiger partial charge in [0.15, 0.2) is 9.84 Å². The lowest BCUT2D eigenvalue weighted by molar-refractivity contribution is -0.384. The number of aryl methyl sites for hydroxylation is 1. The van der Waals surface area contributed by atoms with E-state index in [1.54, 1.807) is 12.1 Å². The molecule has 1 aliphatic rings. The van der Waals surface area contributed by atoms with Crippen molar-refractivity contribution in [2.24, 2.45) is 5.10 Å². The third-order valence-corrected chi connectivity index (χ3v) is 7.79. The highest BCUT2D eigenvalue weighted by Gasteiger charge is 2.33. The standard InChI is InChI=1S/C21H19N3O4S2/c1-14-12-18(21(29-14)30(2,27)28)19-13-20(15-6-4-3-5-7-15)23(22-19)16-8-10-17(11-9-16)24(25)26/h3-12,20H,13H2,1-2H3. The third-order valence-electron chi connectivity index (χ3n) is 4.89. The van der Waals surface area contributed by atoms with E-state index in [4.69, 9.17) is 5.10 Å². The molecule has 0 spiro atoms. The van der Waals surface area contributed by atoms with Crippen LogP contribution >= 0.6 is 11.3 Å². The Labute approximate surface area is 178 Å². The van der Waals surface area contributed by atoms with Gasteiger partial charge in [-0.3, -0.25) is 15.1 Å². The van der Waals surface area contributed by atoms with E-state index in [1.165, 1.54) is 29.7 Å². The SMILES string of the molecule is Cc1cc(C2=NN(c3ccc([N+](=O)[O-])cc3)C(c3ccccc3)C2)c(S(C)(=O)=O)s1. The molecule has 3 aromatic rings. The fraction of sp³-hybridized carbons (Fsp3) is 0.190. The van der Waals surface area contributed by atoms with Gasteiger partial charge in [0.2, 0.25) is 0 Å².